The molecule has 1 rings (SSSR count). The molecule has 2 atom stereocenters. The molecule has 0 radical (unpaired) electrons. The monoisotopic (exact) mass is 302 g/mol. The van der Waals surface area contributed by atoms with Gasteiger partial charge >= 0.3 is 6.18 Å². The van der Waals surface area contributed by atoms with Gasteiger partial charge in [0, 0.05) is 19.6 Å². The Bertz CT molecular complexity index is 223. The fourth-order valence-corrected chi connectivity index (χ4v) is 2.56. The van der Waals surface area contributed by atoms with E-state index in [1.54, 1.807) is 11.9 Å². The van der Waals surface area contributed by atoms with Crippen molar-refractivity contribution in [2.45, 2.75) is 17.4 Å². The molecule has 0 spiro atoms. The molecule has 96 valence electrons. The van der Waals surface area contributed by atoms with E-state index in [1.165, 1.54) is 0 Å². The van der Waals surface area contributed by atoms with Gasteiger partial charge in [-0.3, -0.25) is 0 Å². The molecule has 16 heavy (non-hydrogen) atoms. The van der Waals surface area contributed by atoms with Crippen LogP contribution in [0.1, 0.15) is 6.42 Å². The first kappa shape index (κ1) is 14.3. The van der Waals surface area contributed by atoms with Gasteiger partial charge in [-0.25, -0.2) is 0 Å². The van der Waals surface area contributed by atoms with Crippen molar-refractivity contribution < 1.29 is 13.2 Å². The maximum absolute atomic E-state index is 12.3. The summed E-state index contributed by atoms with van der Waals surface area (Å²) >= 11 is 2.68. The Morgan fingerprint density at radius 1 is 1.50 bits per heavy atom. The molecule has 2 unspecified atom stereocenters. The van der Waals surface area contributed by atoms with Gasteiger partial charge in [0.15, 0.2) is 0 Å². The minimum absolute atomic E-state index is 0.0176. The van der Waals surface area contributed by atoms with Crippen LogP contribution in [0.2, 0.25) is 0 Å². The van der Waals surface area contributed by atoms with Gasteiger partial charge < -0.3 is 9.80 Å². The van der Waals surface area contributed by atoms with Crippen molar-refractivity contribution in [3.63, 3.8) is 0 Å². The van der Waals surface area contributed by atoms with Gasteiger partial charge in [0.25, 0.3) is 0 Å². The molecule has 0 aliphatic carbocycles. The summed E-state index contributed by atoms with van der Waals surface area (Å²) in [5.41, 5.74) is 0. The highest BCUT2D eigenvalue weighted by Crippen LogP contribution is 2.27. The molecule has 0 aromatic carbocycles. The van der Waals surface area contributed by atoms with Crippen LogP contribution in [0.3, 0.4) is 0 Å². The van der Waals surface area contributed by atoms with E-state index in [4.69, 9.17) is 0 Å². The van der Waals surface area contributed by atoms with Gasteiger partial charge in [0.2, 0.25) is 0 Å². The van der Waals surface area contributed by atoms with Crippen LogP contribution in [0.5, 0.6) is 0 Å². The van der Waals surface area contributed by atoms with Crippen LogP contribution < -0.4 is 0 Å². The zero-order chi connectivity index (χ0) is 12.3. The second kappa shape index (κ2) is 5.69. The molecule has 0 N–H and O–H groups in total. The predicted molar refractivity (Wildman–Crippen MR) is 61.9 cm³/mol. The third-order valence-electron chi connectivity index (χ3n) is 2.89. The fourth-order valence-electron chi connectivity index (χ4n) is 2.07. The van der Waals surface area contributed by atoms with Gasteiger partial charge in [0.05, 0.1) is 0 Å². The third-order valence-corrected chi connectivity index (χ3v) is 3.69. The van der Waals surface area contributed by atoms with Crippen molar-refractivity contribution in [3.8, 4) is 0 Å². The van der Waals surface area contributed by atoms with E-state index in [0.29, 0.717) is 5.92 Å². The molecule has 1 saturated heterocycles. The normalized spacial score (nSPS) is 25.3. The molecule has 6 heteroatoms. The van der Waals surface area contributed by atoms with Gasteiger partial charge in [0.1, 0.15) is 4.83 Å². The van der Waals surface area contributed by atoms with Crippen molar-refractivity contribution in [2.75, 3.05) is 40.3 Å². The molecule has 1 fully saturated rings. The van der Waals surface area contributed by atoms with Gasteiger partial charge in [-0.15, -0.1) is 0 Å². The zero-order valence-electron chi connectivity index (χ0n) is 9.60. The van der Waals surface area contributed by atoms with Crippen LogP contribution in [-0.2, 0) is 0 Å². The lowest BCUT2D eigenvalue weighted by molar-refractivity contribution is -0.130. The van der Waals surface area contributed by atoms with Crippen molar-refractivity contribution in [1.29, 1.82) is 0 Å². The second-order valence-corrected chi connectivity index (χ2v) is 5.75. The first-order valence-corrected chi connectivity index (χ1v) is 6.28. The maximum Gasteiger partial charge on any atom is 0.402 e. The molecular formula is C10H18BrF3N2. The van der Waals surface area contributed by atoms with Crippen LogP contribution in [0.4, 0.5) is 13.2 Å². The van der Waals surface area contributed by atoms with Crippen molar-refractivity contribution >= 4 is 15.9 Å². The number of likely N-dealkylation sites (tertiary alicyclic amines) is 1. The minimum Gasteiger partial charge on any atom is -0.306 e. The highest BCUT2D eigenvalue weighted by molar-refractivity contribution is 9.09. The lowest BCUT2D eigenvalue weighted by atomic mass is 10.1. The largest absolute Gasteiger partial charge is 0.402 e. The molecule has 2 nitrogen and oxygen atoms in total. The Balaban J connectivity index is 2.28. The van der Waals surface area contributed by atoms with E-state index in [1.807, 2.05) is 7.05 Å². The van der Waals surface area contributed by atoms with Gasteiger partial charge in [-0.05, 0) is 33.0 Å². The summed E-state index contributed by atoms with van der Waals surface area (Å²) in [6.07, 6.45) is -3.07. The summed E-state index contributed by atoms with van der Waals surface area (Å²) in [5.74, 6) is 0.503. The highest BCUT2D eigenvalue weighted by atomic mass is 79.9. The Hall–Kier alpha value is 0.190. The van der Waals surface area contributed by atoms with Crippen LogP contribution in [0, 0.1) is 5.92 Å². The SMILES string of the molecule is CN1CCC(CN(C)CC(Br)C(F)(F)F)C1. The molecule has 1 aliphatic heterocycles. The van der Waals surface area contributed by atoms with Crippen LogP contribution in [0.25, 0.3) is 0 Å². The topological polar surface area (TPSA) is 6.48 Å². The van der Waals surface area contributed by atoms with Gasteiger partial charge in [-0.2, -0.15) is 13.2 Å². The van der Waals surface area contributed by atoms with Crippen LogP contribution >= 0.6 is 15.9 Å². The number of nitrogens with zero attached hydrogens (tertiary/aromatic N) is 2. The summed E-state index contributed by atoms with van der Waals surface area (Å²) in [5, 5.41) is 0. The molecule has 0 amide bonds. The smallest absolute Gasteiger partial charge is 0.306 e. The number of hydrogen-bond donors (Lipinski definition) is 0. The highest BCUT2D eigenvalue weighted by Gasteiger charge is 2.38. The predicted octanol–water partition coefficient (Wildman–Crippen LogP) is 2.20. The lowest BCUT2D eigenvalue weighted by Crippen LogP contribution is -2.37. The molecule has 1 heterocycles. The quantitative estimate of drug-likeness (QED) is 0.735. The average Bonchev–Trinajstić information content (AvgIpc) is 2.49. The third kappa shape index (κ3) is 4.59. The van der Waals surface area contributed by atoms with Crippen LogP contribution in [0.15, 0.2) is 0 Å². The molecular weight excluding hydrogens is 285 g/mol. The first-order chi connectivity index (χ1) is 7.29. The summed E-state index contributed by atoms with van der Waals surface area (Å²) < 4.78 is 36.9. The molecule has 0 saturated carbocycles. The average molecular weight is 303 g/mol. The summed E-state index contributed by atoms with van der Waals surface area (Å²) in [6.45, 7) is 2.80. The molecule has 0 aromatic heterocycles. The summed E-state index contributed by atoms with van der Waals surface area (Å²) in [4.78, 5) is 2.55. The van der Waals surface area contributed by atoms with E-state index in [9.17, 15) is 13.2 Å². The standard InChI is InChI=1S/C10H18BrF3N2/c1-15-4-3-8(5-15)6-16(2)7-9(11)10(12,13)14/h8-9H,3-7H2,1-2H3. The molecule has 0 aromatic rings. The molecule has 0 bridgehead atoms. The van der Waals surface area contributed by atoms with E-state index in [2.05, 4.69) is 20.8 Å². The lowest BCUT2D eigenvalue weighted by Gasteiger charge is -2.24. The Labute approximate surface area is 103 Å². The van der Waals surface area contributed by atoms with E-state index in [-0.39, 0.29) is 6.54 Å². The van der Waals surface area contributed by atoms with E-state index < -0.39 is 11.0 Å². The number of rotatable bonds is 4. The number of halogens is 4. The number of hydrogen-bond acceptors (Lipinski definition) is 2. The van der Waals surface area contributed by atoms with Crippen molar-refractivity contribution in [2.24, 2.45) is 5.92 Å². The Morgan fingerprint density at radius 2 is 2.12 bits per heavy atom. The zero-order valence-corrected chi connectivity index (χ0v) is 11.2. The van der Waals surface area contributed by atoms with E-state index in [0.717, 1.165) is 26.1 Å². The first-order valence-electron chi connectivity index (χ1n) is 5.37. The summed E-state index contributed by atoms with van der Waals surface area (Å²) in [7, 11) is 3.79. The second-order valence-electron chi connectivity index (χ2n) is 4.65. The van der Waals surface area contributed by atoms with Crippen molar-refractivity contribution in [3.05, 3.63) is 0 Å². The van der Waals surface area contributed by atoms with Crippen LogP contribution in [-0.4, -0.2) is 61.1 Å². The minimum atomic E-state index is -4.15. The Kier molecular flexibility index (Phi) is 5.07. The number of alkyl halides is 4. The summed E-state index contributed by atoms with van der Waals surface area (Å²) in [6, 6.07) is 0. The van der Waals surface area contributed by atoms with E-state index >= 15 is 0 Å². The fraction of sp³-hybridized carbons (Fsp3) is 1.00. The molecule has 1 aliphatic rings. The van der Waals surface area contributed by atoms with Gasteiger partial charge in [-0.1, -0.05) is 15.9 Å². The Morgan fingerprint density at radius 3 is 2.56 bits per heavy atom. The maximum atomic E-state index is 12.3. The van der Waals surface area contributed by atoms with Crippen molar-refractivity contribution in [1.82, 2.24) is 9.80 Å².